The SMILES string of the molecule is C=C1Cc2cc(CC(=O)Cc3ccc(C)c(C)c3)ccc2N1. The van der Waals surface area contributed by atoms with Gasteiger partial charge in [-0.3, -0.25) is 4.79 Å². The van der Waals surface area contributed by atoms with Crippen LogP contribution in [0.15, 0.2) is 48.7 Å². The van der Waals surface area contributed by atoms with Gasteiger partial charge in [-0.2, -0.15) is 0 Å². The van der Waals surface area contributed by atoms with Crippen LogP contribution in [0, 0.1) is 13.8 Å². The molecule has 0 saturated carbocycles. The number of Topliss-reactive ketones (excluding diaryl/α,β-unsaturated/α-hetero) is 1. The molecule has 1 aliphatic heterocycles. The fraction of sp³-hybridized carbons (Fsp3) is 0.250. The highest BCUT2D eigenvalue weighted by Gasteiger charge is 2.14. The minimum absolute atomic E-state index is 0.257. The first kappa shape index (κ1) is 14.6. The molecule has 0 aromatic heterocycles. The molecule has 0 aliphatic carbocycles. The molecule has 1 heterocycles. The van der Waals surface area contributed by atoms with Gasteiger partial charge in [0, 0.05) is 30.6 Å². The van der Waals surface area contributed by atoms with Crippen molar-refractivity contribution < 1.29 is 4.79 Å². The zero-order chi connectivity index (χ0) is 15.7. The highest BCUT2D eigenvalue weighted by Crippen LogP contribution is 2.28. The van der Waals surface area contributed by atoms with E-state index in [1.54, 1.807) is 0 Å². The Morgan fingerprint density at radius 1 is 1.05 bits per heavy atom. The van der Waals surface area contributed by atoms with E-state index in [0.29, 0.717) is 12.8 Å². The lowest BCUT2D eigenvalue weighted by Crippen LogP contribution is -2.07. The summed E-state index contributed by atoms with van der Waals surface area (Å²) in [7, 11) is 0. The smallest absolute Gasteiger partial charge is 0.141 e. The average Bonchev–Trinajstić information content (AvgIpc) is 2.82. The van der Waals surface area contributed by atoms with Crippen molar-refractivity contribution in [2.24, 2.45) is 0 Å². The van der Waals surface area contributed by atoms with E-state index >= 15 is 0 Å². The first-order chi connectivity index (χ1) is 10.5. The standard InChI is InChI=1S/C20H21NO/c1-13-4-5-16(8-14(13)2)11-19(22)12-17-6-7-20-18(10-17)9-15(3)21-20/h4-8,10,21H,3,9,11-12H2,1-2H3. The second-order valence-electron chi connectivity index (χ2n) is 6.21. The molecular formula is C20H21NO. The van der Waals surface area contributed by atoms with E-state index in [1.807, 2.05) is 12.1 Å². The number of fused-ring (bicyclic) bond motifs is 1. The monoisotopic (exact) mass is 291 g/mol. The number of aryl methyl sites for hydroxylation is 2. The maximum Gasteiger partial charge on any atom is 0.141 e. The Kier molecular flexibility index (Phi) is 3.84. The summed E-state index contributed by atoms with van der Waals surface area (Å²) in [6, 6.07) is 12.5. The summed E-state index contributed by atoms with van der Waals surface area (Å²) in [5, 5.41) is 3.25. The number of carbonyl (C=O) groups is 1. The normalized spacial score (nSPS) is 12.9. The number of allylic oxidation sites excluding steroid dienone is 1. The number of anilines is 1. The molecule has 0 unspecified atom stereocenters. The third-order valence-electron chi connectivity index (χ3n) is 4.26. The third kappa shape index (κ3) is 3.11. The molecule has 112 valence electrons. The summed E-state index contributed by atoms with van der Waals surface area (Å²) in [5.74, 6) is 0.257. The summed E-state index contributed by atoms with van der Waals surface area (Å²) in [5.41, 5.74) is 8.08. The van der Waals surface area contributed by atoms with Crippen LogP contribution in [0.3, 0.4) is 0 Å². The summed E-state index contributed by atoms with van der Waals surface area (Å²) < 4.78 is 0. The minimum atomic E-state index is 0.257. The van der Waals surface area contributed by atoms with Crippen molar-refractivity contribution in [2.75, 3.05) is 5.32 Å². The minimum Gasteiger partial charge on any atom is -0.359 e. The van der Waals surface area contributed by atoms with E-state index in [9.17, 15) is 4.79 Å². The zero-order valence-electron chi connectivity index (χ0n) is 13.2. The molecule has 1 N–H and O–H groups in total. The van der Waals surface area contributed by atoms with Gasteiger partial charge in [-0.1, -0.05) is 36.9 Å². The quantitative estimate of drug-likeness (QED) is 0.917. The van der Waals surface area contributed by atoms with Gasteiger partial charge < -0.3 is 5.32 Å². The molecule has 1 aliphatic rings. The van der Waals surface area contributed by atoms with Crippen LogP contribution in [-0.2, 0) is 24.1 Å². The Balaban J connectivity index is 1.68. The molecule has 2 aromatic rings. The molecule has 0 saturated heterocycles. The molecule has 2 aromatic carbocycles. The number of benzene rings is 2. The molecule has 2 heteroatoms. The Hall–Kier alpha value is -2.35. The summed E-state index contributed by atoms with van der Waals surface area (Å²) in [6.45, 7) is 8.13. The summed E-state index contributed by atoms with van der Waals surface area (Å²) >= 11 is 0. The van der Waals surface area contributed by atoms with Gasteiger partial charge in [-0.25, -0.2) is 0 Å². The molecule has 0 atom stereocenters. The molecule has 0 radical (unpaired) electrons. The first-order valence-electron chi connectivity index (χ1n) is 7.66. The van der Waals surface area contributed by atoms with Crippen molar-refractivity contribution in [3.8, 4) is 0 Å². The fourth-order valence-corrected chi connectivity index (χ4v) is 2.92. The Morgan fingerprint density at radius 3 is 2.45 bits per heavy atom. The highest BCUT2D eigenvalue weighted by molar-refractivity contribution is 5.83. The van der Waals surface area contributed by atoms with Crippen molar-refractivity contribution in [3.05, 3.63) is 76.5 Å². The predicted octanol–water partition coefficient (Wildman–Crippen LogP) is 4.14. The van der Waals surface area contributed by atoms with Gasteiger partial charge in [0.05, 0.1) is 0 Å². The fourth-order valence-electron chi connectivity index (χ4n) is 2.92. The van der Waals surface area contributed by atoms with Crippen LogP contribution < -0.4 is 5.32 Å². The number of hydrogen-bond acceptors (Lipinski definition) is 2. The predicted molar refractivity (Wildman–Crippen MR) is 91.2 cm³/mol. The van der Waals surface area contributed by atoms with Gasteiger partial charge in [0.15, 0.2) is 0 Å². The number of nitrogens with one attached hydrogen (secondary N) is 1. The number of hydrogen-bond donors (Lipinski definition) is 1. The molecular weight excluding hydrogens is 270 g/mol. The summed E-state index contributed by atoms with van der Waals surface area (Å²) in [4.78, 5) is 12.3. The number of rotatable bonds is 4. The molecule has 0 bridgehead atoms. The highest BCUT2D eigenvalue weighted by atomic mass is 16.1. The van der Waals surface area contributed by atoms with Crippen LogP contribution >= 0.6 is 0 Å². The molecule has 3 rings (SSSR count). The third-order valence-corrected chi connectivity index (χ3v) is 4.26. The van der Waals surface area contributed by atoms with E-state index in [-0.39, 0.29) is 5.78 Å². The molecule has 0 spiro atoms. The van der Waals surface area contributed by atoms with E-state index in [4.69, 9.17) is 0 Å². The van der Waals surface area contributed by atoms with Crippen molar-refractivity contribution in [1.29, 1.82) is 0 Å². The lowest BCUT2D eigenvalue weighted by Gasteiger charge is -2.06. The Labute approximate surface area is 131 Å². The van der Waals surface area contributed by atoms with Crippen LogP contribution in [0.2, 0.25) is 0 Å². The average molecular weight is 291 g/mol. The molecule has 0 fully saturated rings. The molecule has 2 nitrogen and oxygen atoms in total. The van der Waals surface area contributed by atoms with Crippen molar-refractivity contribution in [2.45, 2.75) is 33.1 Å². The number of carbonyl (C=O) groups excluding carboxylic acids is 1. The van der Waals surface area contributed by atoms with E-state index in [1.165, 1.54) is 16.7 Å². The van der Waals surface area contributed by atoms with Crippen LogP contribution in [0.25, 0.3) is 0 Å². The van der Waals surface area contributed by atoms with Gasteiger partial charge in [0.1, 0.15) is 5.78 Å². The van der Waals surface area contributed by atoms with E-state index in [0.717, 1.165) is 28.9 Å². The molecule has 22 heavy (non-hydrogen) atoms. The maximum absolute atomic E-state index is 12.3. The van der Waals surface area contributed by atoms with Crippen LogP contribution in [0.4, 0.5) is 5.69 Å². The van der Waals surface area contributed by atoms with E-state index < -0.39 is 0 Å². The van der Waals surface area contributed by atoms with Crippen molar-refractivity contribution in [3.63, 3.8) is 0 Å². The van der Waals surface area contributed by atoms with Gasteiger partial charge in [0.25, 0.3) is 0 Å². The van der Waals surface area contributed by atoms with Gasteiger partial charge >= 0.3 is 0 Å². The lowest BCUT2D eigenvalue weighted by atomic mass is 9.98. The largest absolute Gasteiger partial charge is 0.359 e. The molecule has 0 amide bonds. The van der Waals surface area contributed by atoms with Gasteiger partial charge in [-0.15, -0.1) is 0 Å². The van der Waals surface area contributed by atoms with Crippen LogP contribution in [0.5, 0.6) is 0 Å². The number of ketones is 1. The second-order valence-corrected chi connectivity index (χ2v) is 6.21. The van der Waals surface area contributed by atoms with Crippen LogP contribution in [-0.4, -0.2) is 5.78 Å². The van der Waals surface area contributed by atoms with Crippen molar-refractivity contribution in [1.82, 2.24) is 0 Å². The Morgan fingerprint density at radius 2 is 1.73 bits per heavy atom. The van der Waals surface area contributed by atoms with Gasteiger partial charge in [0.2, 0.25) is 0 Å². The van der Waals surface area contributed by atoms with Crippen molar-refractivity contribution >= 4 is 11.5 Å². The Bertz CT molecular complexity index is 758. The maximum atomic E-state index is 12.3. The zero-order valence-corrected chi connectivity index (χ0v) is 13.2. The second kappa shape index (κ2) is 5.80. The van der Waals surface area contributed by atoms with E-state index in [2.05, 4.69) is 50.0 Å². The topological polar surface area (TPSA) is 29.1 Å². The lowest BCUT2D eigenvalue weighted by molar-refractivity contribution is -0.117. The van der Waals surface area contributed by atoms with Crippen LogP contribution in [0.1, 0.15) is 27.8 Å². The first-order valence-corrected chi connectivity index (χ1v) is 7.66. The van der Waals surface area contributed by atoms with Gasteiger partial charge in [-0.05, 0) is 47.7 Å². The summed E-state index contributed by atoms with van der Waals surface area (Å²) in [6.07, 6.45) is 1.85.